The number of aliphatic carboxylic acids is 1. The lowest BCUT2D eigenvalue weighted by atomic mass is 10.0. The van der Waals surface area contributed by atoms with Crippen LogP contribution in [0.2, 0.25) is 0 Å². The van der Waals surface area contributed by atoms with Crippen molar-refractivity contribution in [1.29, 1.82) is 0 Å². The number of carboxylic acids is 1. The number of nitrogens with one attached hydrogen (secondary N) is 1. The normalized spacial score (nSPS) is 10.8. The Kier molecular flexibility index (Phi) is 8.48. The van der Waals surface area contributed by atoms with E-state index in [1.165, 1.54) is 12.1 Å². The molecule has 0 spiro atoms. The summed E-state index contributed by atoms with van der Waals surface area (Å²) >= 11 is 0. The molecular formula is C23H20F4N2O3. The van der Waals surface area contributed by atoms with Crippen LogP contribution in [0.15, 0.2) is 72.8 Å². The van der Waals surface area contributed by atoms with Crippen LogP contribution in [0, 0.1) is 5.82 Å². The molecular weight excluding hydrogens is 428 g/mol. The van der Waals surface area contributed by atoms with Crippen molar-refractivity contribution < 1.29 is 32.3 Å². The third-order valence-corrected chi connectivity index (χ3v) is 4.22. The molecule has 0 radical (unpaired) electrons. The van der Waals surface area contributed by atoms with Gasteiger partial charge < -0.3 is 16.2 Å². The standard InChI is InChI=1S/C21H19FN2O.C2HF3O2/c22-20-6-1-3-16(11-20)14-24-13-15-7-9-17(10-8-15)18-4-2-5-19(12-18)21(23)25;3-2(4,5)1(6)7/h1-12,24H,13-14H2,(H2,23,25);(H,6,7). The number of hydrogen-bond donors (Lipinski definition) is 3. The maximum atomic E-state index is 13.1. The number of rotatable bonds is 6. The van der Waals surface area contributed by atoms with Crippen molar-refractivity contribution in [1.82, 2.24) is 5.32 Å². The molecule has 1 amide bonds. The second-order valence-electron chi connectivity index (χ2n) is 6.68. The SMILES string of the molecule is NC(=O)c1cccc(-c2ccc(CNCc3cccc(F)c3)cc2)c1.O=C(O)C(F)(F)F. The molecule has 0 heterocycles. The first kappa shape index (κ1) is 24.5. The summed E-state index contributed by atoms with van der Waals surface area (Å²) in [5.41, 5.74) is 9.85. The van der Waals surface area contributed by atoms with Crippen LogP contribution in [-0.2, 0) is 17.9 Å². The minimum absolute atomic E-state index is 0.221. The Balaban J connectivity index is 0.000000451. The zero-order valence-electron chi connectivity index (χ0n) is 16.7. The molecule has 0 aromatic heterocycles. The summed E-state index contributed by atoms with van der Waals surface area (Å²) in [5.74, 6) is -3.41. The molecule has 0 saturated heterocycles. The molecule has 3 aromatic rings. The van der Waals surface area contributed by atoms with Gasteiger partial charge in [-0.2, -0.15) is 13.2 Å². The third kappa shape index (κ3) is 7.84. The summed E-state index contributed by atoms with van der Waals surface area (Å²) in [6, 6.07) is 21.9. The number of carbonyl (C=O) groups is 2. The molecule has 3 rings (SSSR count). The van der Waals surface area contributed by atoms with Crippen LogP contribution >= 0.6 is 0 Å². The summed E-state index contributed by atoms with van der Waals surface area (Å²) in [6.45, 7) is 1.30. The van der Waals surface area contributed by atoms with Crippen molar-refractivity contribution in [3.05, 3.63) is 95.3 Å². The number of hydrogen-bond acceptors (Lipinski definition) is 3. The van der Waals surface area contributed by atoms with Crippen molar-refractivity contribution in [2.45, 2.75) is 19.3 Å². The molecule has 0 unspecified atom stereocenters. The molecule has 0 atom stereocenters. The van der Waals surface area contributed by atoms with Crippen molar-refractivity contribution >= 4 is 11.9 Å². The van der Waals surface area contributed by atoms with Gasteiger partial charge in [-0.25, -0.2) is 9.18 Å². The van der Waals surface area contributed by atoms with Crippen molar-refractivity contribution in [2.24, 2.45) is 5.73 Å². The van der Waals surface area contributed by atoms with Gasteiger partial charge in [0, 0.05) is 18.7 Å². The van der Waals surface area contributed by atoms with Gasteiger partial charge in [0.05, 0.1) is 0 Å². The van der Waals surface area contributed by atoms with Gasteiger partial charge in [0.25, 0.3) is 0 Å². The maximum absolute atomic E-state index is 13.1. The average molecular weight is 448 g/mol. The quantitative estimate of drug-likeness (QED) is 0.484. The molecule has 0 fully saturated rings. The van der Waals surface area contributed by atoms with E-state index in [-0.39, 0.29) is 5.82 Å². The van der Waals surface area contributed by atoms with Crippen LogP contribution in [0.4, 0.5) is 17.6 Å². The number of benzene rings is 3. The number of nitrogens with two attached hydrogens (primary N) is 1. The summed E-state index contributed by atoms with van der Waals surface area (Å²) in [4.78, 5) is 20.2. The van der Waals surface area contributed by atoms with E-state index >= 15 is 0 Å². The van der Waals surface area contributed by atoms with Gasteiger partial charge in [-0.15, -0.1) is 0 Å². The Morgan fingerprint density at radius 2 is 1.44 bits per heavy atom. The highest BCUT2D eigenvalue weighted by Gasteiger charge is 2.38. The predicted octanol–water partition coefficient (Wildman–Crippen LogP) is 4.51. The van der Waals surface area contributed by atoms with E-state index in [1.54, 1.807) is 18.2 Å². The first-order valence-electron chi connectivity index (χ1n) is 9.30. The van der Waals surface area contributed by atoms with Gasteiger partial charge in [0.15, 0.2) is 0 Å². The molecule has 0 aliphatic carbocycles. The number of halogens is 4. The van der Waals surface area contributed by atoms with E-state index in [0.29, 0.717) is 18.7 Å². The van der Waals surface area contributed by atoms with Crippen LogP contribution in [0.1, 0.15) is 21.5 Å². The van der Waals surface area contributed by atoms with Gasteiger partial charge >= 0.3 is 12.1 Å². The fourth-order valence-electron chi connectivity index (χ4n) is 2.67. The fraction of sp³-hybridized carbons (Fsp3) is 0.130. The van der Waals surface area contributed by atoms with Gasteiger partial charge in [-0.1, -0.05) is 48.5 Å². The Bertz CT molecular complexity index is 1070. The zero-order chi connectivity index (χ0) is 23.7. The molecule has 9 heteroatoms. The minimum Gasteiger partial charge on any atom is -0.475 e. The Morgan fingerprint density at radius 3 is 2.00 bits per heavy atom. The van der Waals surface area contributed by atoms with E-state index in [1.807, 2.05) is 42.5 Å². The topological polar surface area (TPSA) is 92.4 Å². The molecule has 3 aromatic carbocycles. The lowest BCUT2D eigenvalue weighted by Crippen LogP contribution is -2.21. The maximum Gasteiger partial charge on any atom is 0.490 e. The zero-order valence-corrected chi connectivity index (χ0v) is 16.7. The largest absolute Gasteiger partial charge is 0.490 e. The van der Waals surface area contributed by atoms with Crippen molar-refractivity contribution in [2.75, 3.05) is 0 Å². The molecule has 0 aliphatic heterocycles. The summed E-state index contributed by atoms with van der Waals surface area (Å²) in [6.07, 6.45) is -5.08. The first-order valence-corrected chi connectivity index (χ1v) is 9.30. The van der Waals surface area contributed by atoms with E-state index in [2.05, 4.69) is 5.32 Å². The molecule has 4 N–H and O–H groups in total. The number of carbonyl (C=O) groups excluding carboxylic acids is 1. The summed E-state index contributed by atoms with van der Waals surface area (Å²) in [7, 11) is 0. The molecule has 0 aliphatic rings. The highest BCUT2D eigenvalue weighted by Crippen LogP contribution is 2.21. The van der Waals surface area contributed by atoms with E-state index in [0.717, 1.165) is 22.3 Å². The van der Waals surface area contributed by atoms with Crippen molar-refractivity contribution in [3.8, 4) is 11.1 Å². The first-order chi connectivity index (χ1) is 15.1. The second kappa shape index (κ2) is 11.1. The Morgan fingerprint density at radius 1 is 0.844 bits per heavy atom. The van der Waals surface area contributed by atoms with Gasteiger partial charge in [-0.3, -0.25) is 4.79 Å². The monoisotopic (exact) mass is 448 g/mol. The molecule has 0 bridgehead atoms. The molecule has 168 valence electrons. The van der Waals surface area contributed by atoms with E-state index in [4.69, 9.17) is 15.6 Å². The summed E-state index contributed by atoms with van der Waals surface area (Å²) < 4.78 is 44.9. The molecule has 32 heavy (non-hydrogen) atoms. The van der Waals surface area contributed by atoms with Gasteiger partial charge in [-0.05, 0) is 46.5 Å². The van der Waals surface area contributed by atoms with Crippen LogP contribution in [0.3, 0.4) is 0 Å². The van der Waals surface area contributed by atoms with E-state index in [9.17, 15) is 22.4 Å². The van der Waals surface area contributed by atoms with Crippen LogP contribution in [-0.4, -0.2) is 23.2 Å². The van der Waals surface area contributed by atoms with Crippen LogP contribution in [0.5, 0.6) is 0 Å². The number of amides is 1. The summed E-state index contributed by atoms with van der Waals surface area (Å²) in [5, 5.41) is 10.4. The molecule has 5 nitrogen and oxygen atoms in total. The van der Waals surface area contributed by atoms with E-state index < -0.39 is 18.1 Å². The minimum atomic E-state index is -5.08. The number of alkyl halides is 3. The second-order valence-corrected chi connectivity index (χ2v) is 6.68. The average Bonchev–Trinajstić information content (AvgIpc) is 2.74. The van der Waals surface area contributed by atoms with Crippen molar-refractivity contribution in [3.63, 3.8) is 0 Å². The lowest BCUT2D eigenvalue weighted by Gasteiger charge is -2.08. The highest BCUT2D eigenvalue weighted by atomic mass is 19.4. The van der Waals surface area contributed by atoms with Gasteiger partial charge in [0.2, 0.25) is 5.91 Å². The molecule has 0 saturated carbocycles. The third-order valence-electron chi connectivity index (χ3n) is 4.22. The highest BCUT2D eigenvalue weighted by molar-refractivity contribution is 5.94. The van der Waals surface area contributed by atoms with Crippen LogP contribution in [0.25, 0.3) is 11.1 Å². The Hall–Kier alpha value is -3.72. The van der Waals surface area contributed by atoms with Gasteiger partial charge in [0.1, 0.15) is 5.82 Å². The smallest absolute Gasteiger partial charge is 0.475 e. The van der Waals surface area contributed by atoms with Crippen LogP contribution < -0.4 is 11.1 Å². The fourth-order valence-corrected chi connectivity index (χ4v) is 2.67. The Labute approximate surface area is 181 Å². The number of carboxylic acid groups (broad SMARTS) is 1. The number of primary amides is 1. The lowest BCUT2D eigenvalue weighted by molar-refractivity contribution is -0.192. The predicted molar refractivity (Wildman–Crippen MR) is 111 cm³/mol.